The zero-order chi connectivity index (χ0) is 35.9. The van der Waals surface area contributed by atoms with Gasteiger partial charge in [-0.1, -0.05) is 32.4 Å². The molecule has 0 aliphatic rings. The minimum atomic E-state index is -1.09. The van der Waals surface area contributed by atoms with Crippen LogP contribution in [0.3, 0.4) is 0 Å². The van der Waals surface area contributed by atoms with Crippen molar-refractivity contribution >= 4 is 98.6 Å². The van der Waals surface area contributed by atoms with E-state index >= 15 is 0 Å². The number of hydrogen-bond donors (Lipinski definition) is 0. The monoisotopic (exact) mass is 795 g/mol. The number of carbonyl (C=O) groups is 6. The third-order valence-electron chi connectivity index (χ3n) is 4.82. The van der Waals surface area contributed by atoms with Crippen LogP contribution in [0.4, 0.5) is 14.4 Å². The van der Waals surface area contributed by atoms with Gasteiger partial charge in [0.25, 0.3) is 0 Å². The number of carbonyl (C=O) groups excluding carboxylic acids is 6. The average Bonchev–Trinajstić information content (AvgIpc) is 3.02. The lowest BCUT2D eigenvalue weighted by Crippen LogP contribution is -2.55. The number of ether oxygens (including phenoxy) is 6. The second kappa shape index (κ2) is 25.3. The van der Waals surface area contributed by atoms with Crippen molar-refractivity contribution in [2.45, 2.75) is 40.4 Å². The third-order valence-corrected chi connectivity index (χ3v) is 10.3. The van der Waals surface area contributed by atoms with Crippen molar-refractivity contribution in [3.63, 3.8) is 0 Å². The van der Waals surface area contributed by atoms with E-state index in [1.807, 2.05) is 0 Å². The molecule has 0 aliphatic carbocycles. The minimum Gasteiger partial charge on any atom is -0.465 e. The predicted molar refractivity (Wildman–Crippen MR) is 183 cm³/mol. The molecule has 0 saturated heterocycles. The molecule has 0 atom stereocenters. The zero-order valence-electron chi connectivity index (χ0n) is 25.9. The van der Waals surface area contributed by atoms with Crippen molar-refractivity contribution in [3.8, 4) is 0 Å². The molecule has 0 aromatic carbocycles. The van der Waals surface area contributed by atoms with Crippen LogP contribution in [0.25, 0.3) is 0 Å². The lowest BCUT2D eigenvalue weighted by molar-refractivity contribution is -0.140. The summed E-state index contributed by atoms with van der Waals surface area (Å²) < 4.78 is 31.1. The Balaban J connectivity index is 2.95. The third kappa shape index (κ3) is 17.6. The molecular weight excluding hydrogens is 763 g/mol. The summed E-state index contributed by atoms with van der Waals surface area (Å²) in [5, 5.41) is -2.45. The summed E-state index contributed by atoms with van der Waals surface area (Å²) in [6, 6.07) is 0. The molecule has 0 aliphatic heterocycles. The van der Waals surface area contributed by atoms with Crippen molar-refractivity contribution in [1.29, 1.82) is 0 Å². The Morgan fingerprint density at radius 1 is 0.458 bits per heavy atom. The molecule has 1 rings (SSSR count). The Morgan fingerprint density at radius 2 is 0.708 bits per heavy atom. The zero-order valence-corrected chi connectivity index (χ0v) is 30.8. The maximum Gasteiger partial charge on any atom is 0.378 e. The van der Waals surface area contributed by atoms with E-state index in [4.69, 9.17) is 28.4 Å². The summed E-state index contributed by atoms with van der Waals surface area (Å²) >= 11 is 0. The Hall–Kier alpha value is -2.67. The molecule has 1 heterocycles. The van der Waals surface area contributed by atoms with Gasteiger partial charge < -0.3 is 28.4 Å². The average molecular weight is 796 g/mol. The normalized spacial score (nSPS) is 10.6. The van der Waals surface area contributed by atoms with Crippen molar-refractivity contribution in [2.75, 3.05) is 56.9 Å². The highest BCUT2D eigenvalue weighted by atomic mass is 33.1. The molecular formula is C24H33N3O15S6. The van der Waals surface area contributed by atoms with E-state index in [1.54, 1.807) is 20.8 Å². The van der Waals surface area contributed by atoms with Crippen LogP contribution in [-0.4, -0.2) is 104 Å². The highest BCUT2D eigenvalue weighted by molar-refractivity contribution is 8.82. The summed E-state index contributed by atoms with van der Waals surface area (Å²) in [4.78, 5) is 110. The minimum absolute atomic E-state index is 0.122. The van der Waals surface area contributed by atoms with E-state index in [0.717, 1.165) is 32.4 Å². The number of hydrogen-bond acceptors (Lipinski definition) is 21. The fraction of sp³-hybridized carbons (Fsp3) is 0.625. The van der Waals surface area contributed by atoms with Crippen LogP contribution in [-0.2, 0) is 62.4 Å². The van der Waals surface area contributed by atoms with Crippen molar-refractivity contribution in [3.05, 3.63) is 31.5 Å². The first kappa shape index (κ1) is 43.4. The van der Waals surface area contributed by atoms with E-state index in [9.17, 15) is 43.2 Å². The lowest BCUT2D eigenvalue weighted by atomic mass is 10.6. The Kier molecular flexibility index (Phi) is 22.9. The first-order valence-electron chi connectivity index (χ1n) is 13.7. The maximum absolute atomic E-state index is 13.1. The first-order chi connectivity index (χ1) is 22.9. The Labute approximate surface area is 296 Å². The topological polar surface area (TPSA) is 224 Å². The van der Waals surface area contributed by atoms with Gasteiger partial charge in [-0.3, -0.25) is 14.4 Å². The van der Waals surface area contributed by atoms with E-state index in [0.29, 0.717) is 46.1 Å². The van der Waals surface area contributed by atoms with Gasteiger partial charge in [0.2, 0.25) is 0 Å². The van der Waals surface area contributed by atoms with Gasteiger partial charge in [-0.2, -0.15) is 0 Å². The van der Waals surface area contributed by atoms with E-state index in [1.165, 1.54) is 0 Å². The van der Waals surface area contributed by atoms with Gasteiger partial charge in [0.1, 0.15) is 37.1 Å². The molecule has 1 aromatic heterocycles. The molecule has 0 saturated carbocycles. The molecule has 0 bridgehead atoms. The molecule has 18 nitrogen and oxygen atoms in total. The Morgan fingerprint density at radius 3 is 0.938 bits per heavy atom. The van der Waals surface area contributed by atoms with Crippen LogP contribution in [0.5, 0.6) is 0 Å². The number of esters is 3. The van der Waals surface area contributed by atoms with Gasteiger partial charge in [-0.05, 0) is 20.8 Å². The van der Waals surface area contributed by atoms with E-state index in [-0.39, 0.29) is 37.1 Å². The quantitative estimate of drug-likeness (QED) is 0.0989. The van der Waals surface area contributed by atoms with Gasteiger partial charge in [0.15, 0.2) is 0 Å². The highest BCUT2D eigenvalue weighted by Gasteiger charge is 2.18. The first-order valence-corrected chi connectivity index (χ1v) is 20.7. The number of nitrogens with zero attached hydrogens (tertiary/aromatic N) is 3. The van der Waals surface area contributed by atoms with E-state index in [2.05, 4.69) is 0 Å². The number of aromatic nitrogens is 3. The molecule has 0 amide bonds. The molecule has 0 spiro atoms. The van der Waals surface area contributed by atoms with Crippen LogP contribution in [0.15, 0.2) is 14.4 Å². The smallest absolute Gasteiger partial charge is 0.378 e. The fourth-order valence-electron chi connectivity index (χ4n) is 2.97. The molecule has 0 N–H and O–H groups in total. The molecule has 1 aromatic rings. The molecule has 0 radical (unpaired) electrons. The molecule has 0 fully saturated rings. The van der Waals surface area contributed by atoms with Gasteiger partial charge in [-0.25, -0.2) is 42.5 Å². The summed E-state index contributed by atoms with van der Waals surface area (Å²) in [5.41, 5.74) is -3.28. The fourth-order valence-corrected chi connectivity index (χ4v) is 7.07. The lowest BCUT2D eigenvalue weighted by Gasteiger charge is -2.14. The van der Waals surface area contributed by atoms with Crippen molar-refractivity contribution in [2.24, 2.45) is 0 Å². The van der Waals surface area contributed by atoms with Crippen LogP contribution in [0.1, 0.15) is 20.8 Å². The summed E-state index contributed by atoms with van der Waals surface area (Å²) in [5.74, 6) is -1.96. The van der Waals surface area contributed by atoms with Crippen LogP contribution >= 0.6 is 64.8 Å². The Bertz CT molecular complexity index is 1230. The summed E-state index contributed by atoms with van der Waals surface area (Å²) in [6.45, 7) is 2.59. The summed E-state index contributed by atoms with van der Waals surface area (Å²) in [6.07, 6.45) is 0. The SMILES string of the molecule is CCOC(=O)CSSC(=O)OCCn1c(=O)n(CCOC(=O)SSCC(=O)OCC)c(=O)n(CCOC(=O)SSCC(=O)OCC)c1=O. The molecule has 48 heavy (non-hydrogen) atoms. The van der Waals surface area contributed by atoms with Gasteiger partial charge >= 0.3 is 50.9 Å². The second-order valence-electron chi connectivity index (χ2n) is 8.05. The predicted octanol–water partition coefficient (Wildman–Crippen LogP) is 2.42. The standard InChI is InChI=1S/C24H33N3O15S6/c1-4-37-16(28)13-43-46-22(34)40-10-7-25-19(31)26(8-11-41-23(35)47-44-14-17(29)38-5-2)21(33)27(20(25)32)9-12-42-24(36)48-45-15-18(30)39-6-3/h4-15H2,1-3H3. The van der Waals surface area contributed by atoms with Gasteiger partial charge in [0.05, 0.1) is 39.5 Å². The second-order valence-corrected chi connectivity index (χ2v) is 14.7. The molecule has 0 unspecified atom stereocenters. The van der Waals surface area contributed by atoms with Crippen molar-refractivity contribution < 1.29 is 57.2 Å². The van der Waals surface area contributed by atoms with Crippen LogP contribution in [0.2, 0.25) is 0 Å². The van der Waals surface area contributed by atoms with E-state index < -0.39 is 90.3 Å². The van der Waals surface area contributed by atoms with Crippen LogP contribution < -0.4 is 17.1 Å². The maximum atomic E-state index is 13.1. The van der Waals surface area contributed by atoms with Gasteiger partial charge in [0, 0.05) is 32.4 Å². The van der Waals surface area contributed by atoms with Crippen molar-refractivity contribution in [1.82, 2.24) is 13.7 Å². The molecule has 270 valence electrons. The largest absolute Gasteiger partial charge is 0.465 e. The molecule has 24 heteroatoms. The van der Waals surface area contributed by atoms with Crippen LogP contribution in [0, 0.1) is 0 Å². The summed E-state index contributed by atoms with van der Waals surface area (Å²) in [7, 11) is 4.39. The highest BCUT2D eigenvalue weighted by Crippen LogP contribution is 2.25. The van der Waals surface area contributed by atoms with Gasteiger partial charge in [-0.15, -0.1) is 0 Å². The number of rotatable bonds is 21.